The van der Waals surface area contributed by atoms with E-state index >= 15 is 0 Å². The van der Waals surface area contributed by atoms with Crippen molar-refractivity contribution >= 4 is 27.7 Å². The molecule has 1 heterocycles. The van der Waals surface area contributed by atoms with Gasteiger partial charge in [-0.25, -0.2) is 17.9 Å². The van der Waals surface area contributed by atoms with Crippen molar-refractivity contribution in [1.29, 1.82) is 0 Å². The molecule has 1 fully saturated rings. The number of nitrogens with one attached hydrogen (secondary N) is 4. The highest BCUT2D eigenvalue weighted by Gasteiger charge is 2.33. The molecule has 1 aliphatic rings. The second-order valence-corrected chi connectivity index (χ2v) is 13.6. The molecule has 1 saturated heterocycles. The Labute approximate surface area is 282 Å². The predicted molar refractivity (Wildman–Crippen MR) is 186 cm³/mol. The number of rotatable bonds is 14. The van der Waals surface area contributed by atoms with E-state index in [1.54, 1.807) is 12.1 Å². The third-order valence-electron chi connectivity index (χ3n) is 8.32. The Kier molecular flexibility index (Phi) is 12.3. The number of alkyl carbamates (subject to hydrolysis) is 1. The minimum absolute atomic E-state index is 0.0708. The van der Waals surface area contributed by atoms with Gasteiger partial charge in [0.05, 0.1) is 25.6 Å². The third-order valence-corrected chi connectivity index (χ3v) is 9.64. The second kappa shape index (κ2) is 17.0. The molecule has 0 spiro atoms. The number of hydrogen-bond acceptors (Lipinski definition) is 7. The number of para-hydroxylation sites is 1. The average molecular weight is 671 g/mol. The van der Waals surface area contributed by atoms with Crippen LogP contribution in [0, 0.1) is 0 Å². The van der Waals surface area contributed by atoms with Crippen molar-refractivity contribution in [3.8, 4) is 0 Å². The highest BCUT2D eigenvalue weighted by molar-refractivity contribution is 7.88. The third kappa shape index (κ3) is 9.98. The molecule has 252 valence electrons. The van der Waals surface area contributed by atoms with Crippen LogP contribution in [0.25, 0.3) is 0 Å². The number of hydrogen-bond donors (Lipinski definition) is 4. The topological polar surface area (TPSA) is 135 Å². The first-order valence-corrected chi connectivity index (χ1v) is 17.7. The summed E-state index contributed by atoms with van der Waals surface area (Å²) in [5.41, 5.74) is 4.05. The number of amides is 2. The summed E-state index contributed by atoms with van der Waals surface area (Å²) in [7, 11) is -2.20. The lowest BCUT2D eigenvalue weighted by Crippen LogP contribution is -2.51. The molecule has 1 unspecified atom stereocenters. The molecule has 1 aliphatic heterocycles. The Morgan fingerprint density at radius 3 is 2.08 bits per heavy atom. The Morgan fingerprint density at radius 2 is 1.48 bits per heavy atom. The fourth-order valence-corrected chi connectivity index (χ4v) is 7.02. The molecule has 11 heteroatoms. The normalized spacial score (nSPS) is 17.0. The van der Waals surface area contributed by atoms with E-state index in [0.717, 1.165) is 22.3 Å². The van der Waals surface area contributed by atoms with Crippen LogP contribution >= 0.6 is 0 Å². The monoisotopic (exact) mass is 670 g/mol. The van der Waals surface area contributed by atoms with E-state index in [-0.39, 0.29) is 30.4 Å². The summed E-state index contributed by atoms with van der Waals surface area (Å²) < 4.78 is 38.8. The van der Waals surface area contributed by atoms with Crippen molar-refractivity contribution in [1.82, 2.24) is 15.4 Å². The van der Waals surface area contributed by atoms with Crippen LogP contribution in [-0.2, 0) is 36.5 Å². The van der Waals surface area contributed by atoms with Crippen LogP contribution < -0.4 is 20.7 Å². The van der Waals surface area contributed by atoms with Crippen LogP contribution in [0.2, 0.25) is 0 Å². The van der Waals surface area contributed by atoms with Gasteiger partial charge in [-0.1, -0.05) is 109 Å². The number of carbonyl (C=O) groups is 2. The van der Waals surface area contributed by atoms with Crippen molar-refractivity contribution in [2.45, 2.75) is 42.7 Å². The molecule has 4 aromatic carbocycles. The highest BCUT2D eigenvalue weighted by atomic mass is 32.2. The molecule has 4 aromatic rings. The smallest absolute Gasteiger partial charge is 0.407 e. The van der Waals surface area contributed by atoms with E-state index in [1.165, 1.54) is 7.11 Å². The predicted octanol–water partition coefficient (Wildman–Crippen LogP) is 4.59. The zero-order valence-electron chi connectivity index (χ0n) is 26.9. The second-order valence-electron chi connectivity index (χ2n) is 11.8. The standard InChI is InChI=1S/C37H42N4O6S/c1-46-37(43)41-35(34(29-16-7-3-8-17-29)30-18-9-4-10-19-30)36(42)40-33-20-12-11-15-28(33)21-22-32-24-38-31(25-47-32)23-39-48(44,45)26-27-13-5-2-6-14-27/h2-20,31-32,34-35,38-39H,21-26H2,1H3,(H,40,42)(H,41,43)/t31-,32-,35?/m1/s1. The molecular weight excluding hydrogens is 628 g/mol. The van der Waals surface area contributed by atoms with Gasteiger partial charge in [-0.15, -0.1) is 0 Å². The van der Waals surface area contributed by atoms with E-state index in [9.17, 15) is 18.0 Å². The summed E-state index contributed by atoms with van der Waals surface area (Å²) >= 11 is 0. The van der Waals surface area contributed by atoms with Crippen LogP contribution in [0.5, 0.6) is 0 Å². The summed E-state index contributed by atoms with van der Waals surface area (Å²) in [4.78, 5) is 26.5. The number of carbonyl (C=O) groups excluding carboxylic acids is 2. The van der Waals surface area contributed by atoms with Crippen LogP contribution in [0.3, 0.4) is 0 Å². The van der Waals surface area contributed by atoms with Gasteiger partial charge >= 0.3 is 6.09 Å². The first-order chi connectivity index (χ1) is 23.3. The molecule has 0 aromatic heterocycles. The van der Waals surface area contributed by atoms with Gasteiger partial charge in [0, 0.05) is 30.7 Å². The summed E-state index contributed by atoms with van der Waals surface area (Å²) in [6.45, 7) is 1.18. The molecule has 5 rings (SSSR count). The zero-order valence-corrected chi connectivity index (χ0v) is 27.7. The maximum Gasteiger partial charge on any atom is 0.407 e. The molecular formula is C37H42N4O6S. The maximum atomic E-state index is 14.0. The summed E-state index contributed by atoms with van der Waals surface area (Å²) in [6, 6.07) is 34.7. The first kappa shape index (κ1) is 34.8. The number of sulfonamides is 1. The fourth-order valence-electron chi connectivity index (χ4n) is 5.83. The Balaban J connectivity index is 1.20. The molecule has 3 atom stereocenters. The largest absolute Gasteiger partial charge is 0.453 e. The van der Waals surface area contributed by atoms with Crippen molar-refractivity contribution in [3.05, 3.63) is 138 Å². The van der Waals surface area contributed by atoms with Crippen molar-refractivity contribution in [3.63, 3.8) is 0 Å². The van der Waals surface area contributed by atoms with Crippen LogP contribution in [0.4, 0.5) is 10.5 Å². The van der Waals surface area contributed by atoms with Gasteiger partial charge in [0.15, 0.2) is 0 Å². The van der Waals surface area contributed by atoms with Gasteiger partial charge in [0.25, 0.3) is 0 Å². The van der Waals surface area contributed by atoms with Crippen LogP contribution in [0.1, 0.15) is 34.6 Å². The van der Waals surface area contributed by atoms with Crippen LogP contribution in [0.15, 0.2) is 115 Å². The number of benzene rings is 4. The maximum absolute atomic E-state index is 14.0. The number of aryl methyl sites for hydroxylation is 1. The summed E-state index contributed by atoms with van der Waals surface area (Å²) in [5, 5.41) is 9.25. The van der Waals surface area contributed by atoms with Crippen molar-refractivity contribution in [2.75, 3.05) is 32.1 Å². The molecule has 4 N–H and O–H groups in total. The fraction of sp³-hybridized carbons (Fsp3) is 0.297. The van der Waals surface area contributed by atoms with Gasteiger partial charge in [-0.05, 0) is 41.2 Å². The lowest BCUT2D eigenvalue weighted by Gasteiger charge is -2.31. The van der Waals surface area contributed by atoms with Gasteiger partial charge in [-0.2, -0.15) is 0 Å². The Hall–Kier alpha value is -4.55. The first-order valence-electron chi connectivity index (χ1n) is 16.0. The molecule has 0 bridgehead atoms. The molecule has 0 radical (unpaired) electrons. The minimum Gasteiger partial charge on any atom is -0.453 e. The van der Waals surface area contributed by atoms with Crippen molar-refractivity contribution < 1.29 is 27.5 Å². The summed E-state index contributed by atoms with van der Waals surface area (Å²) in [6.07, 6.45) is 0.532. The lowest BCUT2D eigenvalue weighted by atomic mass is 9.84. The number of morpholine rings is 1. The minimum atomic E-state index is -3.47. The number of anilines is 1. The van der Waals surface area contributed by atoms with E-state index in [4.69, 9.17) is 9.47 Å². The highest BCUT2D eigenvalue weighted by Crippen LogP contribution is 2.30. The van der Waals surface area contributed by atoms with Crippen molar-refractivity contribution in [2.24, 2.45) is 0 Å². The van der Waals surface area contributed by atoms with Gasteiger partial charge < -0.3 is 25.4 Å². The molecule has 2 amide bonds. The lowest BCUT2D eigenvalue weighted by molar-refractivity contribution is -0.118. The van der Waals surface area contributed by atoms with E-state index in [0.29, 0.717) is 31.7 Å². The number of ether oxygens (including phenoxy) is 2. The molecule has 0 saturated carbocycles. The Morgan fingerprint density at radius 1 is 0.875 bits per heavy atom. The van der Waals surface area contributed by atoms with E-state index in [1.807, 2.05) is 103 Å². The quantitative estimate of drug-likeness (QED) is 0.154. The average Bonchev–Trinajstić information content (AvgIpc) is 3.11. The van der Waals surface area contributed by atoms with Gasteiger partial charge in [-0.3, -0.25) is 4.79 Å². The Bertz CT molecular complexity index is 1680. The van der Waals surface area contributed by atoms with E-state index < -0.39 is 28.1 Å². The summed E-state index contributed by atoms with van der Waals surface area (Å²) in [5.74, 6) is -0.923. The molecule has 0 aliphatic carbocycles. The van der Waals surface area contributed by atoms with Gasteiger partial charge in [0.2, 0.25) is 15.9 Å². The SMILES string of the molecule is COC(=O)NC(C(=O)Nc1ccccc1CC[C@@H]1CN[C@H](CNS(=O)(=O)Cc2ccccc2)CO1)C(c1ccccc1)c1ccccc1. The molecule has 10 nitrogen and oxygen atoms in total. The zero-order chi connectivity index (χ0) is 33.8. The van der Waals surface area contributed by atoms with Gasteiger partial charge in [0.1, 0.15) is 6.04 Å². The number of methoxy groups -OCH3 is 1. The molecule has 48 heavy (non-hydrogen) atoms. The van der Waals surface area contributed by atoms with E-state index in [2.05, 4.69) is 20.7 Å². The van der Waals surface area contributed by atoms with Crippen LogP contribution in [-0.4, -0.2) is 65.4 Å².